The average molecular weight is 299 g/mol. The fraction of sp³-hybridized carbons (Fsp3) is 0.769. The molecule has 2 heterocycles. The van der Waals surface area contributed by atoms with Crippen molar-refractivity contribution in [2.45, 2.75) is 43.9 Å². The molecule has 3 N–H and O–H groups in total. The van der Waals surface area contributed by atoms with Gasteiger partial charge in [-0.2, -0.15) is 0 Å². The van der Waals surface area contributed by atoms with Crippen molar-refractivity contribution in [1.82, 2.24) is 15.1 Å². The number of β-amino-alcohol motifs (C(OH)–C–C–N with tert-alkyl or cyclic N) is 1. The Morgan fingerprint density at radius 2 is 1.86 bits per heavy atom. The molecule has 2 aliphatic rings. The van der Waals surface area contributed by atoms with Gasteiger partial charge in [0.25, 0.3) is 0 Å². The summed E-state index contributed by atoms with van der Waals surface area (Å²) in [5, 5.41) is 21.3. The zero-order chi connectivity index (χ0) is 15.6. The molecule has 2 fully saturated rings. The number of piperidine rings is 1. The summed E-state index contributed by atoms with van der Waals surface area (Å²) in [6.45, 7) is 0.419. The first-order valence-electron chi connectivity index (χ1n) is 7.15. The van der Waals surface area contributed by atoms with Gasteiger partial charge in [0.15, 0.2) is 0 Å². The molecule has 0 saturated carbocycles. The summed E-state index contributed by atoms with van der Waals surface area (Å²) in [4.78, 5) is 38.3. The molecule has 2 rings (SSSR count). The number of urea groups is 1. The SMILES string of the molecule is CNC(=O)C1CCCCN1C(=O)N1C[C@H](O)C[C@@H]1C(=O)O. The van der Waals surface area contributed by atoms with E-state index in [4.69, 9.17) is 5.11 Å². The number of carbonyl (C=O) groups is 3. The van der Waals surface area contributed by atoms with Gasteiger partial charge >= 0.3 is 12.0 Å². The second-order valence-corrected chi connectivity index (χ2v) is 5.50. The number of carbonyl (C=O) groups excluding carboxylic acids is 2. The van der Waals surface area contributed by atoms with Gasteiger partial charge in [-0.05, 0) is 19.3 Å². The van der Waals surface area contributed by atoms with Crippen molar-refractivity contribution in [3.05, 3.63) is 0 Å². The minimum Gasteiger partial charge on any atom is -0.480 e. The molecule has 2 aliphatic heterocycles. The van der Waals surface area contributed by atoms with Crippen LogP contribution in [0.15, 0.2) is 0 Å². The topological polar surface area (TPSA) is 110 Å². The second kappa shape index (κ2) is 6.30. The smallest absolute Gasteiger partial charge is 0.326 e. The molecule has 2 saturated heterocycles. The first-order chi connectivity index (χ1) is 9.95. The third kappa shape index (κ3) is 3.10. The number of aliphatic hydroxyl groups excluding tert-OH is 1. The Morgan fingerprint density at radius 3 is 2.48 bits per heavy atom. The van der Waals surface area contributed by atoms with Gasteiger partial charge in [-0.25, -0.2) is 9.59 Å². The van der Waals surface area contributed by atoms with E-state index in [0.29, 0.717) is 13.0 Å². The first kappa shape index (κ1) is 15.6. The molecule has 0 bridgehead atoms. The lowest BCUT2D eigenvalue weighted by Crippen LogP contribution is -2.57. The molecule has 0 aliphatic carbocycles. The summed E-state index contributed by atoms with van der Waals surface area (Å²) in [6, 6.07) is -2.07. The van der Waals surface area contributed by atoms with E-state index < -0.39 is 30.2 Å². The van der Waals surface area contributed by atoms with Crippen LogP contribution in [0.3, 0.4) is 0 Å². The zero-order valence-electron chi connectivity index (χ0n) is 12.0. The number of rotatable bonds is 2. The van der Waals surface area contributed by atoms with Crippen molar-refractivity contribution in [2.24, 2.45) is 0 Å². The molecule has 8 heteroatoms. The van der Waals surface area contributed by atoms with Crippen molar-refractivity contribution < 1.29 is 24.6 Å². The summed E-state index contributed by atoms with van der Waals surface area (Å²) < 4.78 is 0. The lowest BCUT2D eigenvalue weighted by atomic mass is 10.0. The highest BCUT2D eigenvalue weighted by atomic mass is 16.4. The second-order valence-electron chi connectivity index (χ2n) is 5.50. The lowest BCUT2D eigenvalue weighted by Gasteiger charge is -2.37. The van der Waals surface area contributed by atoms with E-state index in [1.807, 2.05) is 0 Å². The molecule has 1 unspecified atom stereocenters. The molecule has 118 valence electrons. The van der Waals surface area contributed by atoms with E-state index in [0.717, 1.165) is 17.7 Å². The van der Waals surface area contributed by atoms with Crippen LogP contribution < -0.4 is 5.32 Å². The van der Waals surface area contributed by atoms with E-state index in [1.165, 1.54) is 11.9 Å². The molecule has 3 amide bonds. The average Bonchev–Trinajstić information content (AvgIpc) is 2.88. The van der Waals surface area contributed by atoms with Crippen LogP contribution in [0.2, 0.25) is 0 Å². The van der Waals surface area contributed by atoms with E-state index in [1.54, 1.807) is 0 Å². The molecular formula is C13H21N3O5. The Balaban J connectivity index is 2.16. The van der Waals surface area contributed by atoms with Gasteiger partial charge in [0.1, 0.15) is 12.1 Å². The molecule has 0 aromatic rings. The lowest BCUT2D eigenvalue weighted by molar-refractivity contribution is -0.141. The quantitative estimate of drug-likeness (QED) is 0.620. The van der Waals surface area contributed by atoms with Gasteiger partial charge in [-0.3, -0.25) is 4.79 Å². The summed E-state index contributed by atoms with van der Waals surface area (Å²) in [5.74, 6) is -1.37. The molecule has 0 aromatic carbocycles. The van der Waals surface area contributed by atoms with Crippen LogP contribution in [0.5, 0.6) is 0 Å². The van der Waals surface area contributed by atoms with Crippen LogP contribution in [0.25, 0.3) is 0 Å². The fourth-order valence-electron chi connectivity index (χ4n) is 3.02. The number of carboxylic acid groups (broad SMARTS) is 1. The number of likely N-dealkylation sites (tertiary alicyclic amines) is 2. The van der Waals surface area contributed by atoms with Gasteiger partial charge in [0, 0.05) is 26.6 Å². The van der Waals surface area contributed by atoms with Crippen LogP contribution in [-0.2, 0) is 9.59 Å². The number of nitrogens with one attached hydrogen (secondary N) is 1. The van der Waals surface area contributed by atoms with Gasteiger partial charge in [0.2, 0.25) is 5.91 Å². The van der Waals surface area contributed by atoms with Crippen LogP contribution >= 0.6 is 0 Å². The predicted molar refractivity (Wildman–Crippen MR) is 72.6 cm³/mol. The number of aliphatic carboxylic acids is 1. The number of aliphatic hydroxyl groups is 1. The van der Waals surface area contributed by atoms with Crippen LogP contribution in [-0.4, -0.2) is 76.2 Å². The van der Waals surface area contributed by atoms with Crippen molar-refractivity contribution in [2.75, 3.05) is 20.1 Å². The van der Waals surface area contributed by atoms with Crippen molar-refractivity contribution in [1.29, 1.82) is 0 Å². The van der Waals surface area contributed by atoms with Crippen LogP contribution in [0, 0.1) is 0 Å². The summed E-state index contributed by atoms with van der Waals surface area (Å²) in [6.07, 6.45) is 1.40. The van der Waals surface area contributed by atoms with Crippen molar-refractivity contribution >= 4 is 17.9 Å². The monoisotopic (exact) mass is 299 g/mol. The zero-order valence-corrected chi connectivity index (χ0v) is 12.0. The maximum absolute atomic E-state index is 12.6. The molecule has 0 spiro atoms. The maximum atomic E-state index is 12.6. The van der Waals surface area contributed by atoms with E-state index in [-0.39, 0.29) is 18.9 Å². The van der Waals surface area contributed by atoms with Gasteiger partial charge < -0.3 is 25.3 Å². The number of likely N-dealkylation sites (N-methyl/N-ethyl adjacent to an activating group) is 1. The number of nitrogens with zero attached hydrogens (tertiary/aromatic N) is 2. The highest BCUT2D eigenvalue weighted by molar-refractivity contribution is 5.89. The molecule has 21 heavy (non-hydrogen) atoms. The van der Waals surface area contributed by atoms with Gasteiger partial charge in [-0.15, -0.1) is 0 Å². The highest BCUT2D eigenvalue weighted by Crippen LogP contribution is 2.24. The van der Waals surface area contributed by atoms with Crippen molar-refractivity contribution in [3.63, 3.8) is 0 Å². The van der Waals surface area contributed by atoms with Crippen LogP contribution in [0.1, 0.15) is 25.7 Å². The number of hydrogen-bond donors (Lipinski definition) is 3. The molecule has 3 atom stereocenters. The molecule has 0 radical (unpaired) electrons. The first-order valence-corrected chi connectivity index (χ1v) is 7.15. The standard InChI is InChI=1S/C13H21N3O5/c1-14-11(18)9-4-2-3-5-15(9)13(21)16-7-8(17)6-10(16)12(19)20/h8-10,17H,2-7H2,1H3,(H,14,18)(H,19,20)/t8-,9?,10-/m1/s1. The highest BCUT2D eigenvalue weighted by Gasteiger charge is 2.43. The summed E-state index contributed by atoms with van der Waals surface area (Å²) in [7, 11) is 1.51. The van der Waals surface area contributed by atoms with Crippen molar-refractivity contribution in [3.8, 4) is 0 Å². The molecule has 0 aromatic heterocycles. The Bertz CT molecular complexity index is 442. The summed E-state index contributed by atoms with van der Waals surface area (Å²) in [5.41, 5.74) is 0. The third-order valence-electron chi connectivity index (χ3n) is 4.11. The summed E-state index contributed by atoms with van der Waals surface area (Å²) >= 11 is 0. The number of hydrogen-bond acceptors (Lipinski definition) is 4. The van der Waals surface area contributed by atoms with Crippen LogP contribution in [0.4, 0.5) is 4.79 Å². The normalized spacial score (nSPS) is 29.3. The Hall–Kier alpha value is -1.83. The van der Waals surface area contributed by atoms with E-state index in [9.17, 15) is 19.5 Å². The largest absolute Gasteiger partial charge is 0.480 e. The fourth-order valence-corrected chi connectivity index (χ4v) is 3.02. The third-order valence-corrected chi connectivity index (χ3v) is 4.11. The van der Waals surface area contributed by atoms with E-state index in [2.05, 4.69) is 5.32 Å². The van der Waals surface area contributed by atoms with E-state index >= 15 is 0 Å². The molecule has 8 nitrogen and oxygen atoms in total. The Morgan fingerprint density at radius 1 is 1.14 bits per heavy atom. The molecular weight excluding hydrogens is 278 g/mol. The van der Waals surface area contributed by atoms with Gasteiger partial charge in [0.05, 0.1) is 6.10 Å². The predicted octanol–water partition coefficient (Wildman–Crippen LogP) is -0.773. The number of amides is 3. The minimum atomic E-state index is -1.13. The Kier molecular flexibility index (Phi) is 4.66. The minimum absolute atomic E-state index is 0.00718. The maximum Gasteiger partial charge on any atom is 0.326 e. The van der Waals surface area contributed by atoms with Gasteiger partial charge in [-0.1, -0.05) is 0 Å². The Labute approximate surface area is 122 Å². The number of carboxylic acids is 1.